The fourth-order valence-electron chi connectivity index (χ4n) is 8.11. The first-order valence-electron chi connectivity index (χ1n) is 19.1. The lowest BCUT2D eigenvalue weighted by atomic mass is 10.0. The molecular formula is C51H34N6. The summed E-state index contributed by atoms with van der Waals surface area (Å²) in [7, 11) is 0. The average Bonchev–Trinajstić information content (AvgIpc) is 3.99. The number of hydrogen-bond acceptors (Lipinski definition) is 3. The molecule has 6 nitrogen and oxygen atoms in total. The molecule has 6 heteroatoms. The Hall–Kier alpha value is -7.83. The van der Waals surface area contributed by atoms with Crippen molar-refractivity contribution in [2.45, 2.75) is 0 Å². The Bertz CT molecular complexity index is 3090. The van der Waals surface area contributed by atoms with E-state index in [4.69, 9.17) is 15.0 Å². The smallest absolute Gasteiger partial charge is 0.145 e. The quantitative estimate of drug-likeness (QED) is 0.164. The number of benzene rings is 8. The molecule has 0 aliphatic rings. The minimum atomic E-state index is 0.874. The molecule has 0 spiro atoms. The highest BCUT2D eigenvalue weighted by molar-refractivity contribution is 5.90. The molecule has 0 saturated heterocycles. The van der Waals surface area contributed by atoms with Gasteiger partial charge in [-0.25, -0.2) is 15.0 Å². The Morgan fingerprint density at radius 1 is 0.281 bits per heavy atom. The molecule has 0 amide bonds. The first kappa shape index (κ1) is 32.6. The van der Waals surface area contributed by atoms with E-state index in [-0.39, 0.29) is 0 Å². The second kappa shape index (κ2) is 13.5. The highest BCUT2D eigenvalue weighted by atomic mass is 15.1. The fourth-order valence-corrected chi connectivity index (χ4v) is 8.11. The third kappa shape index (κ3) is 5.54. The van der Waals surface area contributed by atoms with Crippen molar-refractivity contribution in [1.82, 2.24) is 28.7 Å². The summed E-state index contributed by atoms with van der Waals surface area (Å²) in [5, 5.41) is 0. The number of aromatic nitrogens is 6. The highest BCUT2D eigenvalue weighted by Crippen LogP contribution is 2.39. The zero-order chi connectivity index (χ0) is 37.7. The topological polar surface area (TPSA) is 53.5 Å². The Kier molecular flexibility index (Phi) is 7.71. The lowest BCUT2D eigenvalue weighted by Crippen LogP contribution is -2.04. The maximum absolute atomic E-state index is 5.24. The van der Waals surface area contributed by atoms with E-state index in [1.54, 1.807) is 0 Å². The molecule has 11 rings (SSSR count). The van der Waals surface area contributed by atoms with E-state index in [0.717, 1.165) is 95.5 Å². The molecule has 0 bridgehead atoms. The molecular weight excluding hydrogens is 697 g/mol. The van der Waals surface area contributed by atoms with E-state index >= 15 is 0 Å². The zero-order valence-corrected chi connectivity index (χ0v) is 30.8. The van der Waals surface area contributed by atoms with Crippen LogP contribution in [0.4, 0.5) is 0 Å². The van der Waals surface area contributed by atoms with Gasteiger partial charge in [-0.2, -0.15) is 0 Å². The van der Waals surface area contributed by atoms with Crippen LogP contribution in [0.3, 0.4) is 0 Å². The van der Waals surface area contributed by atoms with Gasteiger partial charge >= 0.3 is 0 Å². The first-order valence-corrected chi connectivity index (χ1v) is 19.1. The predicted octanol–water partition coefficient (Wildman–Crippen LogP) is 12.4. The minimum absolute atomic E-state index is 0.874. The van der Waals surface area contributed by atoms with Crippen LogP contribution in [0.5, 0.6) is 0 Å². The number of para-hydroxylation sites is 7. The summed E-state index contributed by atoms with van der Waals surface area (Å²) in [6.07, 6.45) is 0. The molecule has 0 atom stereocenters. The van der Waals surface area contributed by atoms with Gasteiger partial charge in [-0.05, 0) is 66.2 Å². The van der Waals surface area contributed by atoms with Gasteiger partial charge in [-0.3, -0.25) is 13.7 Å². The number of imidazole rings is 3. The molecule has 0 aliphatic carbocycles. The fraction of sp³-hybridized carbons (Fsp3) is 0. The second-order valence-electron chi connectivity index (χ2n) is 14.1. The van der Waals surface area contributed by atoms with Crippen LogP contribution in [0.2, 0.25) is 0 Å². The van der Waals surface area contributed by atoms with E-state index in [0.29, 0.717) is 0 Å². The summed E-state index contributed by atoms with van der Waals surface area (Å²) in [4.78, 5) is 15.7. The summed E-state index contributed by atoms with van der Waals surface area (Å²) in [6, 6.07) is 72.0. The summed E-state index contributed by atoms with van der Waals surface area (Å²) in [5.74, 6) is 2.64. The lowest BCUT2D eigenvalue weighted by molar-refractivity contribution is 1.06. The summed E-state index contributed by atoms with van der Waals surface area (Å²) >= 11 is 0. The van der Waals surface area contributed by atoms with Crippen molar-refractivity contribution in [2.24, 2.45) is 0 Å². The molecule has 0 aliphatic heterocycles. The number of fused-ring (bicyclic) bond motifs is 3. The van der Waals surface area contributed by atoms with Gasteiger partial charge in [0.25, 0.3) is 0 Å². The molecule has 57 heavy (non-hydrogen) atoms. The Morgan fingerprint density at radius 3 is 1.09 bits per heavy atom. The first-order chi connectivity index (χ1) is 28.3. The minimum Gasteiger partial charge on any atom is -0.292 e. The van der Waals surface area contributed by atoms with Crippen molar-refractivity contribution < 1.29 is 0 Å². The maximum Gasteiger partial charge on any atom is 0.145 e. The predicted molar refractivity (Wildman–Crippen MR) is 232 cm³/mol. The second-order valence-corrected chi connectivity index (χ2v) is 14.1. The standard InChI is InChI=1S/C51H34N6/c1-4-18-35(19-5-1)49-52-42-25-11-15-29-46(42)55(49)39-32-38(33-40(34-39)56-47-30-16-12-26-43(47)53-50(56)36-20-6-2-7-21-36)41-24-10-14-28-45(41)57-48-31-17-13-27-44(48)54-51(57)37-22-8-3-9-23-37/h1-34H. The molecule has 0 radical (unpaired) electrons. The number of hydrogen-bond donors (Lipinski definition) is 0. The Labute approximate surface area is 329 Å². The van der Waals surface area contributed by atoms with Crippen LogP contribution in [0.1, 0.15) is 0 Å². The summed E-state index contributed by atoms with van der Waals surface area (Å²) in [6.45, 7) is 0. The van der Waals surface area contributed by atoms with Gasteiger partial charge in [0.1, 0.15) is 17.5 Å². The highest BCUT2D eigenvalue weighted by Gasteiger charge is 2.22. The normalized spacial score (nSPS) is 11.5. The van der Waals surface area contributed by atoms with Gasteiger partial charge in [0.2, 0.25) is 0 Å². The molecule has 0 saturated carbocycles. The molecule has 268 valence electrons. The number of rotatable bonds is 7. The summed E-state index contributed by atoms with van der Waals surface area (Å²) < 4.78 is 6.89. The van der Waals surface area contributed by atoms with Crippen molar-refractivity contribution >= 4 is 33.1 Å². The molecule has 0 N–H and O–H groups in total. The van der Waals surface area contributed by atoms with Crippen molar-refractivity contribution in [1.29, 1.82) is 0 Å². The van der Waals surface area contributed by atoms with Crippen molar-refractivity contribution in [3.63, 3.8) is 0 Å². The van der Waals surface area contributed by atoms with Crippen molar-refractivity contribution in [3.8, 4) is 62.4 Å². The van der Waals surface area contributed by atoms with Crippen LogP contribution in [0.25, 0.3) is 95.5 Å². The largest absolute Gasteiger partial charge is 0.292 e. The van der Waals surface area contributed by atoms with Gasteiger partial charge in [-0.1, -0.05) is 146 Å². The molecule has 8 aromatic carbocycles. The van der Waals surface area contributed by atoms with E-state index < -0.39 is 0 Å². The van der Waals surface area contributed by atoms with Crippen LogP contribution in [-0.4, -0.2) is 28.7 Å². The van der Waals surface area contributed by atoms with Crippen LogP contribution < -0.4 is 0 Å². The molecule has 0 fully saturated rings. The zero-order valence-electron chi connectivity index (χ0n) is 30.8. The van der Waals surface area contributed by atoms with Gasteiger partial charge in [0.05, 0.1) is 50.2 Å². The Balaban J connectivity index is 1.24. The molecule has 3 heterocycles. The van der Waals surface area contributed by atoms with Crippen molar-refractivity contribution in [2.75, 3.05) is 0 Å². The number of nitrogens with zero attached hydrogens (tertiary/aromatic N) is 6. The van der Waals surface area contributed by atoms with Gasteiger partial charge < -0.3 is 0 Å². The summed E-state index contributed by atoms with van der Waals surface area (Å²) in [5.41, 5.74) is 14.1. The molecule has 3 aromatic heterocycles. The van der Waals surface area contributed by atoms with Gasteiger partial charge in [-0.15, -0.1) is 0 Å². The third-order valence-corrected chi connectivity index (χ3v) is 10.7. The third-order valence-electron chi connectivity index (χ3n) is 10.7. The molecule has 11 aromatic rings. The monoisotopic (exact) mass is 730 g/mol. The average molecular weight is 731 g/mol. The van der Waals surface area contributed by atoms with Crippen LogP contribution in [0, 0.1) is 0 Å². The van der Waals surface area contributed by atoms with Crippen LogP contribution in [-0.2, 0) is 0 Å². The molecule has 0 unspecified atom stereocenters. The van der Waals surface area contributed by atoms with Crippen molar-refractivity contribution in [3.05, 3.63) is 206 Å². The van der Waals surface area contributed by atoms with Crippen LogP contribution in [0.15, 0.2) is 206 Å². The van der Waals surface area contributed by atoms with Gasteiger partial charge in [0, 0.05) is 22.3 Å². The SMILES string of the molecule is c1ccc(-c2nc3ccccc3n2-c2cc(-c3ccccc3-n3c(-c4ccccc4)nc4ccccc43)cc(-n3c(-c4ccccc4)nc4ccccc43)c2)cc1. The van der Waals surface area contributed by atoms with Gasteiger partial charge in [0.15, 0.2) is 0 Å². The lowest BCUT2D eigenvalue weighted by Gasteiger charge is -2.19. The van der Waals surface area contributed by atoms with E-state index in [1.165, 1.54) is 0 Å². The van der Waals surface area contributed by atoms with E-state index in [9.17, 15) is 0 Å². The Morgan fingerprint density at radius 2 is 0.632 bits per heavy atom. The van der Waals surface area contributed by atoms with E-state index in [2.05, 4.69) is 202 Å². The van der Waals surface area contributed by atoms with E-state index in [1.807, 2.05) is 18.2 Å². The van der Waals surface area contributed by atoms with Crippen LogP contribution >= 0.6 is 0 Å². The maximum atomic E-state index is 5.24.